The fourth-order valence-electron chi connectivity index (χ4n) is 1.41. The second-order valence-electron chi connectivity index (χ2n) is 5.08. The smallest absolute Gasteiger partial charge is 0.0537 e. The van der Waals surface area contributed by atoms with E-state index in [0.717, 1.165) is 12.3 Å². The predicted octanol–water partition coefficient (Wildman–Crippen LogP) is 2.60. The Hall–Kier alpha value is -0.480. The van der Waals surface area contributed by atoms with E-state index >= 15 is 0 Å². The van der Waals surface area contributed by atoms with E-state index in [1.807, 2.05) is 29.7 Å². The lowest BCUT2D eigenvalue weighted by Crippen LogP contribution is -2.22. The second-order valence-corrected chi connectivity index (χ2v) is 7.01. The van der Waals surface area contributed by atoms with E-state index in [2.05, 4.69) is 44.3 Å². The molecular formula is C12H23N3S. The fraction of sp³-hybridized carbons (Fsp3) is 0.750. The van der Waals surface area contributed by atoms with Gasteiger partial charge in [-0.2, -0.15) is 16.9 Å². The molecular weight excluding hydrogens is 218 g/mol. The third-order valence-corrected chi connectivity index (χ3v) is 3.59. The number of hydrogen-bond acceptors (Lipinski definition) is 3. The lowest BCUT2D eigenvalue weighted by atomic mass is 10.2. The monoisotopic (exact) mass is 241 g/mol. The fourth-order valence-corrected chi connectivity index (χ4v) is 2.25. The molecule has 0 unspecified atom stereocenters. The predicted molar refractivity (Wildman–Crippen MR) is 71.8 cm³/mol. The van der Waals surface area contributed by atoms with E-state index in [1.165, 1.54) is 5.56 Å². The average Bonchev–Trinajstić information content (AvgIpc) is 2.57. The molecule has 0 saturated carbocycles. The van der Waals surface area contributed by atoms with Crippen LogP contribution in [0.1, 0.15) is 39.3 Å². The number of hydrogen-bond donors (Lipinski definition) is 1. The van der Waals surface area contributed by atoms with Crippen LogP contribution in [0.3, 0.4) is 0 Å². The van der Waals surface area contributed by atoms with Gasteiger partial charge in [0.05, 0.1) is 6.20 Å². The van der Waals surface area contributed by atoms with E-state index in [9.17, 15) is 0 Å². The minimum Gasteiger partial charge on any atom is -0.309 e. The van der Waals surface area contributed by atoms with Crippen molar-refractivity contribution >= 4 is 11.8 Å². The average molecular weight is 241 g/mol. The molecule has 0 aliphatic heterocycles. The molecule has 16 heavy (non-hydrogen) atoms. The van der Waals surface area contributed by atoms with Crippen molar-refractivity contribution < 1.29 is 0 Å². The molecule has 0 bridgehead atoms. The summed E-state index contributed by atoms with van der Waals surface area (Å²) in [6.07, 6.45) is 3.99. The molecule has 3 nitrogen and oxygen atoms in total. The minimum absolute atomic E-state index is 0.360. The van der Waals surface area contributed by atoms with E-state index in [1.54, 1.807) is 0 Å². The van der Waals surface area contributed by atoms with Gasteiger partial charge >= 0.3 is 0 Å². The number of aromatic nitrogens is 2. The van der Waals surface area contributed by atoms with Crippen LogP contribution in [0.2, 0.25) is 0 Å². The Balaban J connectivity index is 2.23. The number of thioether (sulfide) groups is 1. The highest BCUT2D eigenvalue weighted by molar-refractivity contribution is 8.00. The molecule has 0 fully saturated rings. The van der Waals surface area contributed by atoms with Crippen LogP contribution in [0.15, 0.2) is 12.4 Å². The van der Waals surface area contributed by atoms with Crippen LogP contribution >= 0.6 is 11.8 Å². The Labute approximate surface area is 103 Å². The Morgan fingerprint density at radius 3 is 2.69 bits per heavy atom. The van der Waals surface area contributed by atoms with Crippen LogP contribution in [0.5, 0.6) is 0 Å². The van der Waals surface area contributed by atoms with Crippen molar-refractivity contribution in [3.05, 3.63) is 18.0 Å². The summed E-state index contributed by atoms with van der Waals surface area (Å²) < 4.78 is 2.20. The highest BCUT2D eigenvalue weighted by Crippen LogP contribution is 2.22. The van der Waals surface area contributed by atoms with Gasteiger partial charge in [0.25, 0.3) is 0 Å². The minimum atomic E-state index is 0.360. The van der Waals surface area contributed by atoms with Gasteiger partial charge in [-0.15, -0.1) is 0 Å². The summed E-state index contributed by atoms with van der Waals surface area (Å²) in [7, 11) is 1.95. The number of aryl methyl sites for hydroxylation is 1. The molecule has 92 valence electrons. The first kappa shape index (κ1) is 13.6. The summed E-state index contributed by atoms with van der Waals surface area (Å²) in [6.45, 7) is 9.98. The van der Waals surface area contributed by atoms with Crippen molar-refractivity contribution in [1.82, 2.24) is 15.1 Å². The van der Waals surface area contributed by atoms with Gasteiger partial charge in [-0.05, 0) is 6.92 Å². The molecule has 0 aliphatic carbocycles. The van der Waals surface area contributed by atoms with E-state index in [-0.39, 0.29) is 0 Å². The van der Waals surface area contributed by atoms with Gasteiger partial charge in [0.2, 0.25) is 0 Å². The quantitative estimate of drug-likeness (QED) is 0.804. The normalized spacial score (nSPS) is 14.1. The molecule has 1 aromatic heterocycles. The van der Waals surface area contributed by atoms with Gasteiger partial charge in [-0.1, -0.05) is 20.8 Å². The molecule has 1 rings (SSSR count). The van der Waals surface area contributed by atoms with Crippen molar-refractivity contribution in [3.8, 4) is 0 Å². The molecule has 0 aromatic carbocycles. The molecule has 1 atom stereocenters. The largest absolute Gasteiger partial charge is 0.309 e. The zero-order valence-corrected chi connectivity index (χ0v) is 11.8. The van der Waals surface area contributed by atoms with Crippen LogP contribution in [-0.2, 0) is 7.05 Å². The van der Waals surface area contributed by atoms with Gasteiger partial charge in [0, 0.05) is 41.9 Å². The molecule has 0 radical (unpaired) electrons. The number of nitrogens with one attached hydrogen (secondary N) is 1. The van der Waals surface area contributed by atoms with Gasteiger partial charge in [-0.25, -0.2) is 0 Å². The van der Waals surface area contributed by atoms with Gasteiger partial charge in [0.15, 0.2) is 0 Å². The van der Waals surface area contributed by atoms with Crippen molar-refractivity contribution in [1.29, 1.82) is 0 Å². The molecule has 0 amide bonds. The lowest BCUT2D eigenvalue weighted by Gasteiger charge is -2.18. The maximum atomic E-state index is 4.18. The van der Waals surface area contributed by atoms with Crippen LogP contribution < -0.4 is 5.32 Å². The molecule has 1 heterocycles. The second kappa shape index (κ2) is 5.73. The molecule has 0 aliphatic rings. The SMILES string of the molecule is C[C@@H](NCCSC(C)(C)C)c1cnn(C)c1. The van der Waals surface area contributed by atoms with Crippen LogP contribution in [0.25, 0.3) is 0 Å². The maximum absolute atomic E-state index is 4.18. The summed E-state index contributed by atoms with van der Waals surface area (Å²) in [4.78, 5) is 0. The molecule has 1 N–H and O–H groups in total. The van der Waals surface area contributed by atoms with Gasteiger partial charge < -0.3 is 5.32 Å². The van der Waals surface area contributed by atoms with E-state index in [4.69, 9.17) is 0 Å². The Kier molecular flexibility index (Phi) is 4.87. The standard InChI is InChI=1S/C12H23N3S/c1-10(11-8-14-15(5)9-11)13-6-7-16-12(2,3)4/h8-10,13H,6-7H2,1-5H3/t10-/m1/s1. The Morgan fingerprint density at radius 1 is 1.50 bits per heavy atom. The Bertz CT molecular complexity index is 314. The first-order valence-corrected chi connectivity index (χ1v) is 6.73. The summed E-state index contributed by atoms with van der Waals surface area (Å²) in [5, 5.41) is 7.69. The van der Waals surface area contributed by atoms with Gasteiger partial charge in [-0.3, -0.25) is 4.68 Å². The maximum Gasteiger partial charge on any atom is 0.0537 e. The molecule has 0 saturated heterocycles. The summed E-state index contributed by atoms with van der Waals surface area (Å²) in [5.41, 5.74) is 1.25. The van der Waals surface area contributed by atoms with Crippen LogP contribution in [-0.4, -0.2) is 26.8 Å². The number of rotatable bonds is 5. The van der Waals surface area contributed by atoms with E-state index in [0.29, 0.717) is 10.8 Å². The first-order valence-electron chi connectivity index (χ1n) is 5.74. The highest BCUT2D eigenvalue weighted by Gasteiger charge is 2.10. The molecule has 1 aromatic rings. The van der Waals surface area contributed by atoms with Crippen molar-refractivity contribution in [3.63, 3.8) is 0 Å². The third kappa shape index (κ3) is 5.03. The van der Waals surface area contributed by atoms with Crippen molar-refractivity contribution in [2.75, 3.05) is 12.3 Å². The third-order valence-electron chi connectivity index (χ3n) is 2.31. The summed E-state index contributed by atoms with van der Waals surface area (Å²) in [6, 6.07) is 0.384. The van der Waals surface area contributed by atoms with Crippen molar-refractivity contribution in [2.45, 2.75) is 38.5 Å². The topological polar surface area (TPSA) is 29.9 Å². The molecule has 0 spiro atoms. The van der Waals surface area contributed by atoms with Crippen LogP contribution in [0, 0.1) is 0 Å². The zero-order valence-electron chi connectivity index (χ0n) is 10.9. The number of nitrogens with zero attached hydrogens (tertiary/aromatic N) is 2. The van der Waals surface area contributed by atoms with E-state index < -0.39 is 0 Å². The molecule has 4 heteroatoms. The highest BCUT2D eigenvalue weighted by atomic mass is 32.2. The Morgan fingerprint density at radius 2 is 2.19 bits per heavy atom. The first-order chi connectivity index (χ1) is 7.38. The lowest BCUT2D eigenvalue weighted by molar-refractivity contribution is 0.599. The van der Waals surface area contributed by atoms with Gasteiger partial charge in [0.1, 0.15) is 0 Å². The summed E-state index contributed by atoms with van der Waals surface area (Å²) in [5.74, 6) is 1.15. The van der Waals surface area contributed by atoms with Crippen LogP contribution in [0.4, 0.5) is 0 Å². The van der Waals surface area contributed by atoms with Crippen molar-refractivity contribution in [2.24, 2.45) is 7.05 Å². The zero-order chi connectivity index (χ0) is 12.2. The summed E-state index contributed by atoms with van der Waals surface area (Å²) >= 11 is 1.99.